The molecule has 0 saturated heterocycles. The van der Waals surface area contributed by atoms with E-state index in [1.807, 2.05) is 0 Å². The minimum Gasteiger partial charge on any atom is -0.468 e. The van der Waals surface area contributed by atoms with Gasteiger partial charge in [0.1, 0.15) is 6.54 Å². The van der Waals surface area contributed by atoms with Crippen molar-refractivity contribution in [2.24, 2.45) is 0 Å². The van der Waals surface area contributed by atoms with Crippen molar-refractivity contribution in [3.05, 3.63) is 0 Å². The second-order valence-corrected chi connectivity index (χ2v) is 1.19. The minimum atomic E-state index is -0.338. The van der Waals surface area contributed by atoms with E-state index in [1.54, 1.807) is 0 Å². The van der Waals surface area contributed by atoms with Crippen molar-refractivity contribution in [3.8, 4) is 0 Å². The maximum absolute atomic E-state index is 10.1. The minimum absolute atomic E-state index is 0.103. The molecule has 0 saturated carbocycles. The van der Waals surface area contributed by atoms with Gasteiger partial charge in [-0.1, -0.05) is 4.84 Å². The molecule has 0 amide bonds. The van der Waals surface area contributed by atoms with E-state index in [9.17, 15) is 4.79 Å². The van der Waals surface area contributed by atoms with Crippen LogP contribution in [0, 0.1) is 11.8 Å². The van der Waals surface area contributed by atoms with Gasteiger partial charge in [0.2, 0.25) is 11.8 Å². The third-order valence-electron chi connectivity index (χ3n) is 0.444. The van der Waals surface area contributed by atoms with Crippen LogP contribution < -0.4 is 4.84 Å². The molecule has 3 nitrogen and oxygen atoms in total. The van der Waals surface area contributed by atoms with Gasteiger partial charge in [-0.15, -0.1) is 0 Å². The number of rotatable bonds is 2. The topological polar surface area (TPSA) is 38.3 Å². The first kappa shape index (κ1) is 6.72. The van der Waals surface area contributed by atoms with E-state index in [4.69, 9.17) is 0 Å². The third-order valence-corrected chi connectivity index (χ3v) is 0.589. The Bertz CT molecular complexity index is 66.0. The lowest BCUT2D eigenvalue weighted by Gasteiger charge is -1.88. The van der Waals surface area contributed by atoms with Crippen LogP contribution in [0.1, 0.15) is 0 Å². The zero-order valence-electron chi connectivity index (χ0n) is 3.93. The standard InChI is InChI=1S/C3H7ClNO2/c1-7-3(6)2-5-4/h4-5H,2H2,1H3/q+1. The Morgan fingerprint density at radius 2 is 2.57 bits per heavy atom. The highest BCUT2D eigenvalue weighted by atomic mass is 35.5. The molecular formula is C3H7ClNO2+. The first-order chi connectivity index (χ1) is 3.31. The zero-order valence-corrected chi connectivity index (χ0v) is 4.75. The third kappa shape index (κ3) is 3.55. The maximum Gasteiger partial charge on any atom is 0.324 e. The van der Waals surface area contributed by atoms with Gasteiger partial charge in [-0.2, -0.15) is 0 Å². The number of esters is 1. The first-order valence-electron chi connectivity index (χ1n) is 1.73. The lowest BCUT2D eigenvalue weighted by molar-refractivity contribution is -0.440. The van der Waals surface area contributed by atoms with E-state index < -0.39 is 0 Å². The van der Waals surface area contributed by atoms with Crippen LogP contribution in [0.3, 0.4) is 0 Å². The van der Waals surface area contributed by atoms with Gasteiger partial charge < -0.3 is 4.74 Å². The second-order valence-electron chi connectivity index (χ2n) is 0.897. The number of ether oxygens (including phenoxy) is 1. The highest BCUT2D eigenvalue weighted by molar-refractivity contribution is 5.71. The van der Waals surface area contributed by atoms with E-state index in [1.165, 1.54) is 7.11 Å². The van der Waals surface area contributed by atoms with Crippen LogP contribution in [0.15, 0.2) is 0 Å². The van der Waals surface area contributed by atoms with E-state index >= 15 is 0 Å². The molecule has 0 atom stereocenters. The smallest absolute Gasteiger partial charge is 0.324 e. The number of nitrogens with one attached hydrogen (secondary N) is 1. The van der Waals surface area contributed by atoms with E-state index in [2.05, 4.69) is 21.3 Å². The fourth-order valence-corrected chi connectivity index (χ4v) is 0.249. The largest absolute Gasteiger partial charge is 0.468 e. The van der Waals surface area contributed by atoms with Gasteiger partial charge in [-0.05, 0) is 0 Å². The number of methoxy groups -OCH3 is 1. The summed E-state index contributed by atoms with van der Waals surface area (Å²) in [7, 11) is 1.31. The van der Waals surface area contributed by atoms with Gasteiger partial charge in [-0.3, -0.25) is 4.79 Å². The molecule has 0 rings (SSSR count). The second kappa shape index (κ2) is 3.89. The van der Waals surface area contributed by atoms with Gasteiger partial charge in [0, 0.05) is 0 Å². The summed E-state index contributed by atoms with van der Waals surface area (Å²) in [6.07, 6.45) is 0. The average Bonchev–Trinajstić information content (AvgIpc) is 1.68. The molecule has 7 heavy (non-hydrogen) atoms. The molecule has 0 radical (unpaired) electrons. The SMILES string of the molecule is COC(=O)CN[ClH+]. The summed E-state index contributed by atoms with van der Waals surface area (Å²) < 4.78 is 4.22. The summed E-state index contributed by atoms with van der Waals surface area (Å²) in [5.41, 5.74) is 0. The summed E-state index contributed by atoms with van der Waals surface area (Å²) in [5, 5.41) is 0. The molecule has 0 aliphatic rings. The van der Waals surface area contributed by atoms with Crippen LogP contribution in [0.2, 0.25) is 0 Å². The Hall–Kier alpha value is -0.280. The molecule has 0 aromatic heterocycles. The lowest BCUT2D eigenvalue weighted by atomic mass is 10.7. The lowest BCUT2D eigenvalue weighted by Crippen LogP contribution is -2.17. The van der Waals surface area contributed by atoms with Gasteiger partial charge in [-0.25, -0.2) is 0 Å². The Morgan fingerprint density at radius 1 is 2.00 bits per heavy atom. The Kier molecular flexibility index (Phi) is 3.74. The molecular weight excluding hydrogens is 117 g/mol. The van der Waals surface area contributed by atoms with E-state index in [0.29, 0.717) is 0 Å². The molecule has 42 valence electrons. The number of halogens is 1. The molecule has 0 aromatic rings. The Labute approximate surface area is 46.7 Å². The summed E-state index contributed by atoms with van der Waals surface area (Å²) in [6.45, 7) is 0.103. The monoisotopic (exact) mass is 124 g/mol. The molecule has 0 bridgehead atoms. The van der Waals surface area contributed by atoms with Crippen molar-refractivity contribution >= 4 is 5.97 Å². The van der Waals surface area contributed by atoms with Gasteiger partial charge in [0.15, 0.2) is 0 Å². The highest BCUT2D eigenvalue weighted by Crippen LogP contribution is 1.65. The van der Waals surface area contributed by atoms with Crippen molar-refractivity contribution in [1.29, 1.82) is 0 Å². The molecule has 0 unspecified atom stereocenters. The zero-order chi connectivity index (χ0) is 5.70. The van der Waals surface area contributed by atoms with Crippen molar-refractivity contribution < 1.29 is 21.3 Å². The molecule has 0 aromatic carbocycles. The summed E-state index contributed by atoms with van der Waals surface area (Å²) in [6, 6.07) is 0. The quantitative estimate of drug-likeness (QED) is 0.377. The van der Waals surface area contributed by atoms with Crippen molar-refractivity contribution in [3.63, 3.8) is 0 Å². The van der Waals surface area contributed by atoms with Crippen LogP contribution in [0.4, 0.5) is 0 Å². The van der Waals surface area contributed by atoms with Crippen molar-refractivity contribution in [2.45, 2.75) is 0 Å². The molecule has 4 heteroatoms. The van der Waals surface area contributed by atoms with E-state index in [0.717, 1.165) is 0 Å². The Morgan fingerprint density at radius 3 is 2.71 bits per heavy atom. The highest BCUT2D eigenvalue weighted by Gasteiger charge is 1.97. The van der Waals surface area contributed by atoms with Crippen LogP contribution in [-0.2, 0) is 9.53 Å². The predicted octanol–water partition coefficient (Wildman–Crippen LogP) is -1.05. The van der Waals surface area contributed by atoms with Crippen molar-refractivity contribution in [2.75, 3.05) is 13.7 Å². The molecule has 0 aliphatic heterocycles. The van der Waals surface area contributed by atoms with E-state index in [-0.39, 0.29) is 12.5 Å². The fraction of sp³-hybridized carbons (Fsp3) is 0.667. The summed E-state index contributed by atoms with van der Waals surface area (Å²) >= 11 is 4.24. The van der Waals surface area contributed by atoms with Gasteiger partial charge in [0.25, 0.3) is 0 Å². The molecule has 0 fully saturated rings. The first-order valence-corrected chi connectivity index (χ1v) is 2.14. The maximum atomic E-state index is 10.1. The summed E-state index contributed by atoms with van der Waals surface area (Å²) in [4.78, 5) is 12.3. The van der Waals surface area contributed by atoms with Crippen LogP contribution in [0.25, 0.3) is 0 Å². The Balaban J connectivity index is 3.00. The predicted molar refractivity (Wildman–Crippen MR) is 21.4 cm³/mol. The molecule has 1 N–H and O–H groups in total. The number of hydrogen-bond acceptors (Lipinski definition) is 3. The number of carbonyl (C=O) groups excluding carboxylic acids is 1. The number of hydrogen-bond donors (Lipinski definition) is 1. The average molecular weight is 125 g/mol. The van der Waals surface area contributed by atoms with Crippen LogP contribution in [-0.4, -0.2) is 19.6 Å². The number of carbonyl (C=O) groups is 1. The van der Waals surface area contributed by atoms with Crippen LogP contribution in [0.5, 0.6) is 0 Å². The van der Waals surface area contributed by atoms with Crippen LogP contribution >= 0.6 is 0 Å². The van der Waals surface area contributed by atoms with Crippen molar-refractivity contribution in [1.82, 2.24) is 4.84 Å². The fourth-order valence-electron chi connectivity index (χ4n) is 0.131. The van der Waals surface area contributed by atoms with Gasteiger partial charge >= 0.3 is 5.97 Å². The van der Waals surface area contributed by atoms with Gasteiger partial charge in [0.05, 0.1) is 7.11 Å². The molecule has 0 spiro atoms. The molecule has 0 aliphatic carbocycles. The summed E-state index contributed by atoms with van der Waals surface area (Å²) in [5.74, 6) is -0.338. The normalized spacial score (nSPS) is 8.29. The molecule has 0 heterocycles.